The number of halogens is 2. The van der Waals surface area contributed by atoms with Crippen molar-refractivity contribution in [3.8, 4) is 0 Å². The number of hydrogen-bond donors (Lipinski definition) is 0. The summed E-state index contributed by atoms with van der Waals surface area (Å²) in [5.74, 6) is 2.01. The highest BCUT2D eigenvalue weighted by Crippen LogP contribution is 2.39. The molecule has 0 saturated carbocycles. The molecule has 0 saturated heterocycles. The zero-order chi connectivity index (χ0) is 11.7. The van der Waals surface area contributed by atoms with E-state index in [9.17, 15) is 0 Å². The zero-order valence-corrected chi connectivity index (χ0v) is 13.1. The minimum absolute atomic E-state index is 0.155. The summed E-state index contributed by atoms with van der Waals surface area (Å²) in [4.78, 5) is 1.42. The van der Waals surface area contributed by atoms with Gasteiger partial charge in [0.05, 0.1) is 3.79 Å². The molecule has 1 unspecified atom stereocenters. The van der Waals surface area contributed by atoms with Crippen LogP contribution in [0.3, 0.4) is 0 Å². The predicted molar refractivity (Wildman–Crippen MR) is 75.6 cm³/mol. The molecular formula is C12H12Br2OS. The van der Waals surface area contributed by atoms with E-state index in [1.165, 1.54) is 14.2 Å². The first-order chi connectivity index (χ1) is 7.61. The number of aryl methyl sites for hydroxylation is 2. The van der Waals surface area contributed by atoms with E-state index in [4.69, 9.17) is 4.42 Å². The number of rotatable bonds is 3. The second kappa shape index (κ2) is 5.07. The van der Waals surface area contributed by atoms with Crippen molar-refractivity contribution < 1.29 is 4.42 Å². The molecule has 0 aliphatic rings. The first kappa shape index (κ1) is 12.4. The average Bonchev–Trinajstić information content (AvgIpc) is 2.86. The smallest absolute Gasteiger partial charge is 0.123 e. The van der Waals surface area contributed by atoms with Crippen LogP contribution >= 0.6 is 43.2 Å². The van der Waals surface area contributed by atoms with Gasteiger partial charge in [0.25, 0.3) is 0 Å². The highest BCUT2D eigenvalue weighted by Gasteiger charge is 2.17. The van der Waals surface area contributed by atoms with E-state index in [1.54, 1.807) is 11.3 Å². The largest absolute Gasteiger partial charge is 0.465 e. The molecule has 0 radical (unpaired) electrons. The molecule has 0 amide bonds. The van der Waals surface area contributed by atoms with E-state index in [2.05, 4.69) is 51.8 Å². The Hall–Kier alpha value is -0.0600. The van der Waals surface area contributed by atoms with Crippen molar-refractivity contribution >= 4 is 43.2 Å². The maximum Gasteiger partial charge on any atom is 0.123 e. The van der Waals surface area contributed by atoms with Crippen LogP contribution in [0.4, 0.5) is 0 Å². The third-order valence-corrected chi connectivity index (χ3v) is 5.86. The van der Waals surface area contributed by atoms with Gasteiger partial charge in [0.15, 0.2) is 0 Å². The molecule has 4 heteroatoms. The van der Waals surface area contributed by atoms with Crippen molar-refractivity contribution in [3.05, 3.63) is 43.9 Å². The summed E-state index contributed by atoms with van der Waals surface area (Å²) in [5, 5.41) is 0. The molecule has 16 heavy (non-hydrogen) atoms. The Kier molecular flexibility index (Phi) is 3.93. The van der Waals surface area contributed by atoms with Crippen LogP contribution in [0.1, 0.15) is 33.7 Å². The lowest BCUT2D eigenvalue weighted by atomic mass is 10.2. The van der Waals surface area contributed by atoms with Crippen LogP contribution in [-0.4, -0.2) is 0 Å². The van der Waals surface area contributed by atoms with Gasteiger partial charge in [0, 0.05) is 11.3 Å². The normalized spacial score (nSPS) is 13.0. The fraction of sp³-hybridized carbons (Fsp3) is 0.333. The Balaban J connectivity index is 2.27. The minimum atomic E-state index is 0.155. The van der Waals surface area contributed by atoms with Crippen molar-refractivity contribution in [2.75, 3.05) is 0 Å². The fourth-order valence-electron chi connectivity index (χ4n) is 1.47. The van der Waals surface area contributed by atoms with Crippen molar-refractivity contribution in [1.82, 2.24) is 0 Å². The lowest BCUT2D eigenvalue weighted by Crippen LogP contribution is -1.85. The van der Waals surface area contributed by atoms with Crippen LogP contribution in [0, 0.1) is 6.92 Å². The number of thiophene rings is 1. The van der Waals surface area contributed by atoms with Gasteiger partial charge in [-0.25, -0.2) is 0 Å². The van der Waals surface area contributed by atoms with Crippen LogP contribution in [0.5, 0.6) is 0 Å². The quantitative estimate of drug-likeness (QED) is 0.660. The summed E-state index contributed by atoms with van der Waals surface area (Å²) in [6.45, 7) is 4.20. The molecule has 86 valence electrons. The standard InChI is InChI=1S/C12H12Br2OS/c1-3-8-4-5-9(15-8)11(13)10-6-7(2)12(14)16-10/h4-6,11H,3H2,1-2H3. The Labute approximate surface area is 116 Å². The van der Waals surface area contributed by atoms with Crippen molar-refractivity contribution in [2.45, 2.75) is 25.1 Å². The van der Waals surface area contributed by atoms with Gasteiger partial charge < -0.3 is 4.42 Å². The summed E-state index contributed by atoms with van der Waals surface area (Å²) in [6.07, 6.45) is 0.937. The van der Waals surface area contributed by atoms with Gasteiger partial charge in [-0.05, 0) is 46.6 Å². The first-order valence-corrected chi connectivity index (χ1v) is 7.62. The van der Waals surface area contributed by atoms with Crippen molar-refractivity contribution in [3.63, 3.8) is 0 Å². The lowest BCUT2D eigenvalue weighted by molar-refractivity contribution is 0.478. The average molecular weight is 364 g/mol. The van der Waals surface area contributed by atoms with Gasteiger partial charge >= 0.3 is 0 Å². The van der Waals surface area contributed by atoms with E-state index in [0.717, 1.165) is 17.9 Å². The van der Waals surface area contributed by atoms with Gasteiger partial charge in [0.2, 0.25) is 0 Å². The molecule has 0 fully saturated rings. The molecule has 2 aromatic heterocycles. The third kappa shape index (κ3) is 2.44. The monoisotopic (exact) mass is 362 g/mol. The van der Waals surface area contributed by atoms with Crippen LogP contribution in [0.2, 0.25) is 0 Å². The molecule has 2 heterocycles. The molecule has 2 aromatic rings. The van der Waals surface area contributed by atoms with E-state index in [0.29, 0.717) is 0 Å². The van der Waals surface area contributed by atoms with E-state index >= 15 is 0 Å². The summed E-state index contributed by atoms with van der Waals surface area (Å²) in [5.41, 5.74) is 1.27. The summed E-state index contributed by atoms with van der Waals surface area (Å²) < 4.78 is 6.93. The molecule has 0 aliphatic heterocycles. The number of furan rings is 1. The topological polar surface area (TPSA) is 13.1 Å². The number of hydrogen-bond acceptors (Lipinski definition) is 2. The van der Waals surface area contributed by atoms with Crippen LogP contribution in [0.15, 0.2) is 26.4 Å². The minimum Gasteiger partial charge on any atom is -0.465 e. The van der Waals surface area contributed by atoms with Crippen molar-refractivity contribution in [1.29, 1.82) is 0 Å². The Morgan fingerprint density at radius 3 is 2.69 bits per heavy atom. The van der Waals surface area contributed by atoms with Gasteiger partial charge in [0.1, 0.15) is 16.3 Å². The molecule has 0 spiro atoms. The van der Waals surface area contributed by atoms with Gasteiger partial charge in [-0.3, -0.25) is 0 Å². The Morgan fingerprint density at radius 1 is 1.44 bits per heavy atom. The summed E-state index contributed by atoms with van der Waals surface area (Å²) in [7, 11) is 0. The molecule has 0 bridgehead atoms. The molecule has 2 rings (SSSR count). The third-order valence-electron chi connectivity index (χ3n) is 2.41. The van der Waals surface area contributed by atoms with Crippen LogP contribution < -0.4 is 0 Å². The van der Waals surface area contributed by atoms with Gasteiger partial charge in [-0.2, -0.15) is 0 Å². The predicted octanol–water partition coefficient (Wildman–Crippen LogP) is 5.46. The number of alkyl halides is 1. The first-order valence-electron chi connectivity index (χ1n) is 5.10. The Bertz CT molecular complexity index is 467. The fourth-order valence-corrected chi connectivity index (χ4v) is 3.69. The Morgan fingerprint density at radius 2 is 2.19 bits per heavy atom. The van der Waals surface area contributed by atoms with Crippen molar-refractivity contribution in [2.24, 2.45) is 0 Å². The van der Waals surface area contributed by atoms with E-state index in [1.807, 2.05) is 12.1 Å². The van der Waals surface area contributed by atoms with E-state index < -0.39 is 0 Å². The maximum atomic E-state index is 5.74. The second-order valence-electron chi connectivity index (χ2n) is 3.63. The molecule has 1 nitrogen and oxygen atoms in total. The lowest BCUT2D eigenvalue weighted by Gasteiger charge is -2.03. The highest BCUT2D eigenvalue weighted by molar-refractivity contribution is 9.11. The summed E-state index contributed by atoms with van der Waals surface area (Å²) >= 11 is 8.97. The second-order valence-corrected chi connectivity index (χ2v) is 6.94. The van der Waals surface area contributed by atoms with E-state index in [-0.39, 0.29) is 4.83 Å². The van der Waals surface area contributed by atoms with Gasteiger partial charge in [-0.15, -0.1) is 11.3 Å². The molecular weight excluding hydrogens is 352 g/mol. The highest BCUT2D eigenvalue weighted by atomic mass is 79.9. The van der Waals surface area contributed by atoms with Gasteiger partial charge in [-0.1, -0.05) is 22.9 Å². The molecule has 0 aliphatic carbocycles. The summed E-state index contributed by atoms with van der Waals surface area (Å²) in [6, 6.07) is 6.27. The maximum absolute atomic E-state index is 5.74. The SMILES string of the molecule is CCc1ccc(C(Br)c2cc(C)c(Br)s2)o1. The van der Waals surface area contributed by atoms with Crippen LogP contribution in [0.25, 0.3) is 0 Å². The molecule has 0 N–H and O–H groups in total. The van der Waals surface area contributed by atoms with Crippen LogP contribution in [-0.2, 0) is 6.42 Å². The molecule has 0 aromatic carbocycles. The molecule has 1 atom stereocenters. The zero-order valence-electron chi connectivity index (χ0n) is 9.09.